The Morgan fingerprint density at radius 1 is 1.24 bits per heavy atom. The molecule has 0 fully saturated rings. The highest BCUT2D eigenvalue weighted by Crippen LogP contribution is 2.31. The number of hydrogen-bond donors (Lipinski definition) is 0. The molecule has 2 rings (SSSR count). The minimum atomic E-state index is -0.410. The van der Waals surface area contributed by atoms with E-state index in [2.05, 4.69) is 5.10 Å². The lowest BCUT2D eigenvalue weighted by atomic mass is 10.3. The Labute approximate surface area is 128 Å². The first-order chi connectivity index (χ1) is 10.2. The number of nitrogens with zero attached hydrogens (tertiary/aromatic N) is 2. The summed E-state index contributed by atoms with van der Waals surface area (Å²) < 4.78 is 12.3. The van der Waals surface area contributed by atoms with Gasteiger partial charge in [-0.1, -0.05) is 18.2 Å². The first-order valence-electron chi connectivity index (χ1n) is 6.75. The fourth-order valence-corrected chi connectivity index (χ4v) is 2.63. The summed E-state index contributed by atoms with van der Waals surface area (Å²) >= 11 is 1.44. The van der Waals surface area contributed by atoms with Crippen molar-refractivity contribution in [3.8, 4) is 11.6 Å². The largest absolute Gasteiger partial charge is 0.476 e. The predicted molar refractivity (Wildman–Crippen MR) is 82.5 cm³/mol. The fourth-order valence-electron chi connectivity index (χ4n) is 1.93. The molecule has 21 heavy (non-hydrogen) atoms. The van der Waals surface area contributed by atoms with Crippen molar-refractivity contribution in [2.45, 2.75) is 18.9 Å². The standard InChI is InChI=1S/C15H18N2O3S/c1-4-19-13-12(15(18)20-5-2)14(21-3)17(16-13)11-9-7-6-8-10-11/h6-10H,4-5H2,1-3H3. The van der Waals surface area contributed by atoms with Crippen LogP contribution in [0.3, 0.4) is 0 Å². The smallest absolute Gasteiger partial charge is 0.346 e. The number of rotatable bonds is 6. The minimum absolute atomic E-state index is 0.309. The molecule has 0 bridgehead atoms. The number of para-hydroxylation sites is 1. The van der Waals surface area contributed by atoms with Gasteiger partial charge >= 0.3 is 5.97 Å². The van der Waals surface area contributed by atoms with Gasteiger partial charge in [-0.3, -0.25) is 0 Å². The van der Waals surface area contributed by atoms with Crippen LogP contribution in [0.15, 0.2) is 35.4 Å². The molecule has 0 aliphatic heterocycles. The van der Waals surface area contributed by atoms with E-state index in [1.807, 2.05) is 43.5 Å². The number of carbonyl (C=O) groups is 1. The molecule has 0 amide bonds. The van der Waals surface area contributed by atoms with E-state index in [1.165, 1.54) is 11.8 Å². The van der Waals surface area contributed by atoms with Gasteiger partial charge in [0.15, 0.2) is 5.56 Å². The molecule has 0 spiro atoms. The number of benzene rings is 1. The molecule has 0 N–H and O–H groups in total. The van der Waals surface area contributed by atoms with Gasteiger partial charge in [-0.2, -0.15) is 0 Å². The molecule has 0 unspecified atom stereocenters. The molecule has 1 aromatic heterocycles. The molecule has 1 heterocycles. The summed E-state index contributed by atoms with van der Waals surface area (Å²) in [5.74, 6) is -0.100. The summed E-state index contributed by atoms with van der Waals surface area (Å²) in [6, 6.07) is 9.63. The number of thioether (sulfide) groups is 1. The third-order valence-electron chi connectivity index (χ3n) is 2.77. The first-order valence-corrected chi connectivity index (χ1v) is 7.97. The van der Waals surface area contributed by atoms with Gasteiger partial charge in [0.25, 0.3) is 0 Å². The zero-order valence-electron chi connectivity index (χ0n) is 12.3. The van der Waals surface area contributed by atoms with Crippen molar-refractivity contribution >= 4 is 17.7 Å². The van der Waals surface area contributed by atoms with Gasteiger partial charge in [0.2, 0.25) is 5.88 Å². The number of ether oxygens (including phenoxy) is 2. The molecule has 6 heteroatoms. The number of aromatic nitrogens is 2. The van der Waals surface area contributed by atoms with Crippen molar-refractivity contribution in [1.29, 1.82) is 0 Å². The van der Waals surface area contributed by atoms with Crippen molar-refractivity contribution < 1.29 is 14.3 Å². The predicted octanol–water partition coefficient (Wildman–Crippen LogP) is 3.17. The van der Waals surface area contributed by atoms with E-state index >= 15 is 0 Å². The Kier molecular flexibility index (Phi) is 5.27. The molecule has 2 aromatic rings. The van der Waals surface area contributed by atoms with Gasteiger partial charge in [0.1, 0.15) is 5.03 Å². The molecule has 0 saturated carbocycles. The van der Waals surface area contributed by atoms with Crippen LogP contribution in [0.4, 0.5) is 0 Å². The van der Waals surface area contributed by atoms with E-state index in [0.717, 1.165) is 5.69 Å². The maximum absolute atomic E-state index is 12.2. The van der Waals surface area contributed by atoms with Crippen LogP contribution < -0.4 is 4.74 Å². The molecular weight excluding hydrogens is 288 g/mol. The van der Waals surface area contributed by atoms with Crippen LogP contribution >= 0.6 is 11.8 Å². The van der Waals surface area contributed by atoms with Crippen LogP contribution in [-0.2, 0) is 4.74 Å². The highest BCUT2D eigenvalue weighted by Gasteiger charge is 2.26. The second-order valence-corrected chi connectivity index (χ2v) is 4.89. The lowest BCUT2D eigenvalue weighted by Gasteiger charge is -2.06. The van der Waals surface area contributed by atoms with Crippen LogP contribution in [0.25, 0.3) is 5.69 Å². The van der Waals surface area contributed by atoms with Crippen molar-refractivity contribution in [3.63, 3.8) is 0 Å². The Balaban J connectivity index is 2.57. The molecule has 112 valence electrons. The summed E-state index contributed by atoms with van der Waals surface area (Å²) in [7, 11) is 0. The van der Waals surface area contributed by atoms with Crippen LogP contribution in [0.2, 0.25) is 0 Å². The van der Waals surface area contributed by atoms with E-state index in [1.54, 1.807) is 11.6 Å². The topological polar surface area (TPSA) is 53.4 Å². The lowest BCUT2D eigenvalue weighted by Crippen LogP contribution is -2.08. The number of hydrogen-bond acceptors (Lipinski definition) is 5. The van der Waals surface area contributed by atoms with Crippen molar-refractivity contribution in [1.82, 2.24) is 9.78 Å². The summed E-state index contributed by atoms with van der Waals surface area (Å²) in [4.78, 5) is 12.2. The quantitative estimate of drug-likeness (QED) is 0.606. The maximum Gasteiger partial charge on any atom is 0.346 e. The Bertz CT molecular complexity index is 611. The molecule has 0 atom stereocenters. The van der Waals surface area contributed by atoms with E-state index < -0.39 is 5.97 Å². The first kappa shape index (κ1) is 15.4. The van der Waals surface area contributed by atoms with Crippen molar-refractivity contribution in [3.05, 3.63) is 35.9 Å². The van der Waals surface area contributed by atoms with Crippen LogP contribution in [0.5, 0.6) is 5.88 Å². The molecule has 5 nitrogen and oxygen atoms in total. The average Bonchev–Trinajstić information content (AvgIpc) is 2.87. The van der Waals surface area contributed by atoms with Crippen LogP contribution in [0.1, 0.15) is 24.2 Å². The summed E-state index contributed by atoms with van der Waals surface area (Å²) in [6.07, 6.45) is 1.90. The van der Waals surface area contributed by atoms with Gasteiger partial charge < -0.3 is 9.47 Å². The SMILES string of the molecule is CCOC(=O)c1c(OCC)nn(-c2ccccc2)c1SC. The van der Waals surface area contributed by atoms with Gasteiger partial charge in [-0.25, -0.2) is 9.48 Å². The minimum Gasteiger partial charge on any atom is -0.476 e. The third-order valence-corrected chi connectivity index (χ3v) is 3.53. The number of carbonyl (C=O) groups excluding carboxylic acids is 1. The molecule has 0 aliphatic carbocycles. The molecular formula is C15H18N2O3S. The summed E-state index contributed by atoms with van der Waals surface area (Å²) in [5, 5.41) is 5.13. The monoisotopic (exact) mass is 306 g/mol. The molecule has 0 aliphatic rings. The lowest BCUT2D eigenvalue weighted by molar-refractivity contribution is 0.0517. The van der Waals surface area contributed by atoms with E-state index in [4.69, 9.17) is 9.47 Å². The maximum atomic E-state index is 12.2. The second kappa shape index (κ2) is 7.17. The van der Waals surface area contributed by atoms with E-state index in [-0.39, 0.29) is 0 Å². The number of esters is 1. The second-order valence-electron chi connectivity index (χ2n) is 4.09. The average molecular weight is 306 g/mol. The van der Waals surface area contributed by atoms with E-state index in [9.17, 15) is 4.79 Å². The zero-order valence-corrected chi connectivity index (χ0v) is 13.1. The molecule has 0 saturated heterocycles. The molecule has 1 aromatic carbocycles. The van der Waals surface area contributed by atoms with Crippen molar-refractivity contribution in [2.24, 2.45) is 0 Å². The highest BCUT2D eigenvalue weighted by atomic mass is 32.2. The normalized spacial score (nSPS) is 10.4. The Hall–Kier alpha value is -1.95. The third kappa shape index (κ3) is 3.21. The van der Waals surface area contributed by atoms with Gasteiger partial charge in [0.05, 0.1) is 18.9 Å². The van der Waals surface area contributed by atoms with Crippen LogP contribution in [-0.4, -0.2) is 35.2 Å². The van der Waals surface area contributed by atoms with Gasteiger partial charge in [-0.05, 0) is 32.2 Å². The summed E-state index contributed by atoms with van der Waals surface area (Å²) in [5.41, 5.74) is 1.26. The Morgan fingerprint density at radius 3 is 2.52 bits per heavy atom. The Morgan fingerprint density at radius 2 is 1.95 bits per heavy atom. The van der Waals surface area contributed by atoms with Gasteiger partial charge in [-0.15, -0.1) is 16.9 Å². The summed E-state index contributed by atoms with van der Waals surface area (Å²) in [6.45, 7) is 4.38. The van der Waals surface area contributed by atoms with Crippen molar-refractivity contribution in [2.75, 3.05) is 19.5 Å². The highest BCUT2D eigenvalue weighted by molar-refractivity contribution is 7.98. The molecule has 0 radical (unpaired) electrons. The zero-order chi connectivity index (χ0) is 15.2. The fraction of sp³-hybridized carbons (Fsp3) is 0.333. The van der Waals surface area contributed by atoms with Crippen LogP contribution in [0, 0.1) is 0 Å². The van der Waals surface area contributed by atoms with E-state index in [0.29, 0.717) is 29.7 Å². The van der Waals surface area contributed by atoms with Gasteiger partial charge in [0, 0.05) is 0 Å².